The lowest BCUT2D eigenvalue weighted by Gasteiger charge is -2.09. The van der Waals surface area contributed by atoms with Gasteiger partial charge in [-0.15, -0.1) is 0 Å². The van der Waals surface area contributed by atoms with Crippen LogP contribution in [0.1, 0.15) is 16.7 Å². The lowest BCUT2D eigenvalue weighted by atomic mass is 9.99. The Hall–Kier alpha value is -4.59. The number of aryl methyl sites for hydroxylation is 1. The zero-order valence-electron chi connectivity index (χ0n) is 19.2. The largest absolute Gasteiger partial charge is 0.464 e. The summed E-state index contributed by atoms with van der Waals surface area (Å²) in [5.74, 6) is 0.678. The quantitative estimate of drug-likeness (QED) is 0.343. The van der Waals surface area contributed by atoms with Crippen molar-refractivity contribution in [1.82, 2.24) is 5.32 Å². The summed E-state index contributed by atoms with van der Waals surface area (Å²) >= 11 is 0. The van der Waals surface area contributed by atoms with Gasteiger partial charge in [-0.1, -0.05) is 18.2 Å². The Kier molecular flexibility index (Phi) is 5.21. The Labute approximate surface area is 204 Å². The third kappa shape index (κ3) is 3.86. The Morgan fingerprint density at radius 2 is 1.78 bits per heavy atom. The van der Waals surface area contributed by atoms with E-state index in [1.807, 2.05) is 18.2 Å². The van der Waals surface area contributed by atoms with Crippen LogP contribution in [0.2, 0.25) is 0 Å². The molecule has 3 aromatic carbocycles. The lowest BCUT2D eigenvalue weighted by Crippen LogP contribution is -2.27. The number of ether oxygens (including phenoxy) is 2. The maximum atomic E-state index is 13.4. The summed E-state index contributed by atoms with van der Waals surface area (Å²) in [6, 6.07) is 15.1. The highest BCUT2D eigenvalue weighted by Gasteiger charge is 2.18. The van der Waals surface area contributed by atoms with Crippen LogP contribution in [0.15, 0.2) is 74.5 Å². The summed E-state index contributed by atoms with van der Waals surface area (Å²) < 4.78 is 35.3. The van der Waals surface area contributed by atoms with Gasteiger partial charge in [0, 0.05) is 28.9 Å². The molecule has 0 bridgehead atoms. The predicted molar refractivity (Wildman–Crippen MR) is 131 cm³/mol. The molecule has 2 aromatic heterocycles. The maximum Gasteiger partial charge on any atom is 0.340 e. The minimum atomic E-state index is -0.567. The van der Waals surface area contributed by atoms with Gasteiger partial charge in [0.25, 0.3) is 0 Å². The molecule has 0 fully saturated rings. The number of nitrogens with one attached hydrogen (secondary N) is 1. The monoisotopic (exact) mass is 485 g/mol. The molecular weight excluding hydrogens is 465 g/mol. The molecule has 180 valence electrons. The summed E-state index contributed by atoms with van der Waals surface area (Å²) in [6.45, 7) is 2.26. The van der Waals surface area contributed by atoms with Gasteiger partial charge in [0.2, 0.25) is 12.7 Å². The highest BCUT2D eigenvalue weighted by molar-refractivity contribution is 6.02. The van der Waals surface area contributed by atoms with E-state index in [-0.39, 0.29) is 37.0 Å². The van der Waals surface area contributed by atoms with Gasteiger partial charge in [-0.2, -0.15) is 0 Å². The first-order valence-corrected chi connectivity index (χ1v) is 11.3. The number of halogens is 1. The lowest BCUT2D eigenvalue weighted by molar-refractivity contribution is -0.120. The number of carbonyl (C=O) groups is 1. The van der Waals surface area contributed by atoms with Crippen molar-refractivity contribution in [3.8, 4) is 22.6 Å². The van der Waals surface area contributed by atoms with Crippen molar-refractivity contribution in [2.45, 2.75) is 19.9 Å². The van der Waals surface area contributed by atoms with Crippen molar-refractivity contribution >= 4 is 27.8 Å². The molecule has 7 nitrogen and oxygen atoms in total. The number of hydrogen-bond donors (Lipinski definition) is 1. The van der Waals surface area contributed by atoms with Crippen molar-refractivity contribution in [2.24, 2.45) is 0 Å². The van der Waals surface area contributed by atoms with Gasteiger partial charge in [0.15, 0.2) is 11.5 Å². The van der Waals surface area contributed by atoms with Crippen LogP contribution in [0, 0.1) is 12.7 Å². The number of benzene rings is 3. The number of rotatable bonds is 5. The van der Waals surface area contributed by atoms with Gasteiger partial charge in [-0.3, -0.25) is 4.79 Å². The number of hydrogen-bond acceptors (Lipinski definition) is 6. The third-order valence-corrected chi connectivity index (χ3v) is 6.40. The van der Waals surface area contributed by atoms with Gasteiger partial charge in [0.05, 0.1) is 18.2 Å². The first kappa shape index (κ1) is 21.9. The van der Waals surface area contributed by atoms with Crippen molar-refractivity contribution in [1.29, 1.82) is 0 Å². The molecule has 0 radical (unpaired) electrons. The van der Waals surface area contributed by atoms with E-state index in [4.69, 9.17) is 18.3 Å². The molecule has 8 heteroatoms. The molecule has 1 amide bonds. The van der Waals surface area contributed by atoms with E-state index in [0.717, 1.165) is 22.1 Å². The topological polar surface area (TPSA) is 90.9 Å². The first-order chi connectivity index (χ1) is 17.5. The SMILES string of the molecule is Cc1c(CC(=O)NCc2ccc3c(c2)OCO3)c(=O)oc2cc3occ(-c4ccc(F)cc4)c3cc12. The molecule has 5 aromatic rings. The van der Waals surface area contributed by atoms with E-state index in [1.54, 1.807) is 37.5 Å². The molecule has 0 saturated heterocycles. The van der Waals surface area contributed by atoms with Gasteiger partial charge in [-0.25, -0.2) is 9.18 Å². The molecule has 0 saturated carbocycles. The molecule has 0 aliphatic carbocycles. The van der Waals surface area contributed by atoms with Crippen molar-refractivity contribution in [3.05, 3.63) is 93.8 Å². The van der Waals surface area contributed by atoms with E-state index in [0.29, 0.717) is 33.6 Å². The molecule has 0 spiro atoms. The molecule has 3 heterocycles. The number of furan rings is 1. The van der Waals surface area contributed by atoms with Gasteiger partial charge >= 0.3 is 5.63 Å². The fraction of sp³-hybridized carbons (Fsp3) is 0.143. The van der Waals surface area contributed by atoms with Crippen molar-refractivity contribution in [2.75, 3.05) is 6.79 Å². The minimum Gasteiger partial charge on any atom is -0.464 e. The molecule has 6 rings (SSSR count). The van der Waals surface area contributed by atoms with E-state index < -0.39 is 5.63 Å². The van der Waals surface area contributed by atoms with Gasteiger partial charge in [-0.05, 0) is 53.9 Å². The van der Waals surface area contributed by atoms with Crippen LogP contribution >= 0.6 is 0 Å². The molecule has 1 N–H and O–H groups in total. The zero-order valence-corrected chi connectivity index (χ0v) is 19.2. The second kappa shape index (κ2) is 8.57. The van der Waals surface area contributed by atoms with Crippen LogP contribution in [0.5, 0.6) is 11.5 Å². The van der Waals surface area contributed by atoms with Crippen LogP contribution in [0.4, 0.5) is 4.39 Å². The fourth-order valence-electron chi connectivity index (χ4n) is 4.44. The molecule has 0 atom stereocenters. The molecular formula is C28H20FNO6. The molecule has 1 aliphatic heterocycles. The van der Waals surface area contributed by atoms with Crippen LogP contribution in [-0.4, -0.2) is 12.7 Å². The van der Waals surface area contributed by atoms with E-state index in [2.05, 4.69) is 5.32 Å². The number of carbonyl (C=O) groups excluding carboxylic acids is 1. The molecule has 1 aliphatic rings. The van der Waals surface area contributed by atoms with E-state index in [1.165, 1.54) is 12.1 Å². The van der Waals surface area contributed by atoms with Crippen LogP contribution < -0.4 is 20.4 Å². The van der Waals surface area contributed by atoms with Gasteiger partial charge < -0.3 is 23.6 Å². The smallest absolute Gasteiger partial charge is 0.340 e. The standard InChI is InChI=1S/C28H20FNO6/c1-15-19-9-21-22(17-3-5-18(29)6-4-17)13-33-24(21)11-25(19)36-28(32)20(15)10-27(31)30-12-16-2-7-23-26(8-16)35-14-34-23/h2-9,11,13H,10,12,14H2,1H3,(H,30,31). The van der Waals surface area contributed by atoms with E-state index in [9.17, 15) is 14.0 Å². The summed E-state index contributed by atoms with van der Waals surface area (Å²) in [4.78, 5) is 25.4. The van der Waals surface area contributed by atoms with E-state index >= 15 is 0 Å². The summed E-state index contributed by atoms with van der Waals surface area (Å²) in [5, 5.41) is 4.34. The Balaban J connectivity index is 1.29. The van der Waals surface area contributed by atoms with Crippen LogP contribution in [-0.2, 0) is 17.8 Å². The summed E-state index contributed by atoms with van der Waals surface area (Å²) in [7, 11) is 0. The number of amides is 1. The van der Waals surface area contributed by atoms with Crippen molar-refractivity contribution in [3.63, 3.8) is 0 Å². The Morgan fingerprint density at radius 3 is 2.61 bits per heavy atom. The average molecular weight is 485 g/mol. The Morgan fingerprint density at radius 1 is 0.972 bits per heavy atom. The molecule has 0 unspecified atom stereocenters. The average Bonchev–Trinajstić information content (AvgIpc) is 3.51. The maximum absolute atomic E-state index is 13.4. The minimum absolute atomic E-state index is 0.122. The summed E-state index contributed by atoms with van der Waals surface area (Å²) in [5.41, 5.74) is 3.74. The third-order valence-electron chi connectivity index (χ3n) is 6.40. The second-order valence-corrected chi connectivity index (χ2v) is 8.63. The summed E-state index contributed by atoms with van der Waals surface area (Å²) in [6.07, 6.45) is 1.47. The highest BCUT2D eigenvalue weighted by Crippen LogP contribution is 2.35. The predicted octanol–water partition coefficient (Wildman–Crippen LogP) is 5.24. The highest BCUT2D eigenvalue weighted by atomic mass is 19.1. The normalized spacial score (nSPS) is 12.4. The Bertz CT molecular complexity index is 1700. The zero-order chi connectivity index (χ0) is 24.8. The second-order valence-electron chi connectivity index (χ2n) is 8.63. The molecule has 36 heavy (non-hydrogen) atoms. The number of fused-ring (bicyclic) bond motifs is 3. The first-order valence-electron chi connectivity index (χ1n) is 11.3. The van der Waals surface area contributed by atoms with Gasteiger partial charge in [0.1, 0.15) is 17.0 Å². The van der Waals surface area contributed by atoms with Crippen LogP contribution in [0.25, 0.3) is 33.1 Å². The van der Waals surface area contributed by atoms with Crippen LogP contribution in [0.3, 0.4) is 0 Å². The fourth-order valence-corrected chi connectivity index (χ4v) is 4.44. The van der Waals surface area contributed by atoms with Crippen molar-refractivity contribution < 1.29 is 27.5 Å².